The van der Waals surface area contributed by atoms with Crippen molar-refractivity contribution in [2.45, 2.75) is 13.0 Å². The van der Waals surface area contributed by atoms with Crippen molar-refractivity contribution in [3.8, 4) is 0 Å². The van der Waals surface area contributed by atoms with E-state index >= 15 is 0 Å². The van der Waals surface area contributed by atoms with Gasteiger partial charge in [-0.05, 0) is 31.2 Å². The highest BCUT2D eigenvalue weighted by Gasteiger charge is 2.14. The maximum atomic E-state index is 11.7. The first-order chi connectivity index (χ1) is 9.08. The molecule has 2 aromatic rings. The van der Waals surface area contributed by atoms with E-state index in [1.807, 2.05) is 12.1 Å². The molecule has 0 aliphatic rings. The maximum absolute atomic E-state index is 11.7. The first-order valence-corrected chi connectivity index (χ1v) is 5.72. The van der Waals surface area contributed by atoms with Gasteiger partial charge >= 0.3 is 12.0 Å². The summed E-state index contributed by atoms with van der Waals surface area (Å²) < 4.78 is 0. The largest absolute Gasteiger partial charge is 0.480 e. The third-order valence-electron chi connectivity index (χ3n) is 2.61. The van der Waals surface area contributed by atoms with E-state index in [-0.39, 0.29) is 0 Å². The number of urea groups is 1. The van der Waals surface area contributed by atoms with Gasteiger partial charge in [0.25, 0.3) is 0 Å². The van der Waals surface area contributed by atoms with E-state index in [2.05, 4.69) is 15.6 Å². The zero-order chi connectivity index (χ0) is 13.8. The van der Waals surface area contributed by atoms with E-state index in [1.54, 1.807) is 24.4 Å². The zero-order valence-electron chi connectivity index (χ0n) is 10.3. The van der Waals surface area contributed by atoms with Crippen LogP contribution in [0.4, 0.5) is 10.5 Å². The number of nitrogens with one attached hydrogen (secondary N) is 2. The summed E-state index contributed by atoms with van der Waals surface area (Å²) in [5, 5.41) is 14.5. The normalized spacial score (nSPS) is 11.8. The summed E-state index contributed by atoms with van der Waals surface area (Å²) in [6, 6.07) is 7.42. The van der Waals surface area contributed by atoms with Crippen LogP contribution in [0.5, 0.6) is 0 Å². The van der Waals surface area contributed by atoms with E-state index < -0.39 is 18.0 Å². The first-order valence-electron chi connectivity index (χ1n) is 5.72. The standard InChI is InChI=1S/C13H13N3O3/c1-8(12(17)18)15-13(19)16-11-6-2-5-10-9(11)4-3-7-14-10/h2-8H,1H3,(H,17,18)(H2,15,16,19)/t8-/m1/s1. The summed E-state index contributed by atoms with van der Waals surface area (Å²) in [4.78, 5) is 26.5. The van der Waals surface area contributed by atoms with Gasteiger partial charge in [-0.3, -0.25) is 9.78 Å². The molecule has 0 spiro atoms. The monoisotopic (exact) mass is 259 g/mol. The molecule has 2 amide bonds. The van der Waals surface area contributed by atoms with Gasteiger partial charge < -0.3 is 15.7 Å². The van der Waals surface area contributed by atoms with E-state index in [0.29, 0.717) is 5.69 Å². The topological polar surface area (TPSA) is 91.3 Å². The average Bonchev–Trinajstić information content (AvgIpc) is 2.39. The van der Waals surface area contributed by atoms with E-state index in [0.717, 1.165) is 10.9 Å². The second-order valence-electron chi connectivity index (χ2n) is 4.03. The Morgan fingerprint density at radius 1 is 1.26 bits per heavy atom. The van der Waals surface area contributed by atoms with Crippen LogP contribution < -0.4 is 10.6 Å². The Balaban J connectivity index is 2.17. The number of pyridine rings is 1. The zero-order valence-corrected chi connectivity index (χ0v) is 10.3. The van der Waals surface area contributed by atoms with E-state index in [1.165, 1.54) is 6.92 Å². The molecular formula is C13H13N3O3. The summed E-state index contributed by atoms with van der Waals surface area (Å²) in [6.45, 7) is 1.40. The number of hydrogen-bond donors (Lipinski definition) is 3. The number of amides is 2. The summed E-state index contributed by atoms with van der Waals surface area (Å²) in [7, 11) is 0. The molecule has 1 atom stereocenters. The minimum absolute atomic E-state index is 0.564. The van der Waals surface area contributed by atoms with Crippen molar-refractivity contribution in [1.29, 1.82) is 0 Å². The molecule has 0 fully saturated rings. The van der Waals surface area contributed by atoms with Crippen molar-refractivity contribution >= 4 is 28.6 Å². The van der Waals surface area contributed by atoms with Crippen molar-refractivity contribution in [2.24, 2.45) is 0 Å². The Hall–Kier alpha value is -2.63. The number of nitrogens with zero attached hydrogens (tertiary/aromatic N) is 1. The van der Waals surface area contributed by atoms with Crippen molar-refractivity contribution in [2.75, 3.05) is 5.32 Å². The van der Waals surface area contributed by atoms with Crippen molar-refractivity contribution in [3.05, 3.63) is 36.5 Å². The van der Waals surface area contributed by atoms with E-state index in [4.69, 9.17) is 5.11 Å². The molecule has 0 aliphatic heterocycles. The average molecular weight is 259 g/mol. The number of benzene rings is 1. The van der Waals surface area contributed by atoms with Crippen LogP contribution in [0.1, 0.15) is 6.92 Å². The molecule has 0 aliphatic carbocycles. The smallest absolute Gasteiger partial charge is 0.325 e. The Bertz CT molecular complexity index is 622. The van der Waals surface area contributed by atoms with Crippen molar-refractivity contribution in [3.63, 3.8) is 0 Å². The Labute approximate surface area is 109 Å². The summed E-state index contributed by atoms with van der Waals surface area (Å²) >= 11 is 0. The summed E-state index contributed by atoms with van der Waals surface area (Å²) in [5.41, 5.74) is 1.34. The molecule has 0 radical (unpaired) electrons. The van der Waals surface area contributed by atoms with Crippen LogP contribution in [0, 0.1) is 0 Å². The molecule has 3 N–H and O–H groups in total. The number of carboxylic acids is 1. The molecule has 98 valence electrons. The van der Waals surface area contributed by atoms with Gasteiger partial charge in [0, 0.05) is 11.6 Å². The third-order valence-corrected chi connectivity index (χ3v) is 2.61. The lowest BCUT2D eigenvalue weighted by Crippen LogP contribution is -2.40. The number of rotatable bonds is 3. The molecule has 2 rings (SSSR count). The molecule has 6 heteroatoms. The number of carboxylic acid groups (broad SMARTS) is 1. The minimum atomic E-state index is -1.09. The van der Waals surface area contributed by atoms with Gasteiger partial charge in [0.15, 0.2) is 0 Å². The summed E-state index contributed by atoms with van der Waals surface area (Å²) in [5.74, 6) is -1.09. The van der Waals surface area contributed by atoms with Crippen LogP contribution in [0.2, 0.25) is 0 Å². The lowest BCUT2D eigenvalue weighted by molar-refractivity contribution is -0.138. The van der Waals surface area contributed by atoms with E-state index in [9.17, 15) is 9.59 Å². The van der Waals surface area contributed by atoms with Crippen molar-refractivity contribution in [1.82, 2.24) is 10.3 Å². The molecule has 0 saturated heterocycles. The minimum Gasteiger partial charge on any atom is -0.480 e. The Morgan fingerprint density at radius 3 is 2.79 bits per heavy atom. The molecule has 1 aromatic heterocycles. The van der Waals surface area contributed by atoms with Gasteiger partial charge in [-0.25, -0.2) is 4.79 Å². The molecule has 0 bridgehead atoms. The molecular weight excluding hydrogens is 246 g/mol. The number of aromatic nitrogens is 1. The van der Waals surface area contributed by atoms with Crippen LogP contribution in [-0.4, -0.2) is 28.1 Å². The van der Waals surface area contributed by atoms with Gasteiger partial charge in [0.05, 0.1) is 11.2 Å². The highest BCUT2D eigenvalue weighted by atomic mass is 16.4. The number of carbonyl (C=O) groups is 2. The van der Waals surface area contributed by atoms with Gasteiger partial charge in [0.2, 0.25) is 0 Å². The van der Waals surface area contributed by atoms with Gasteiger partial charge in [-0.15, -0.1) is 0 Å². The molecule has 0 unspecified atom stereocenters. The van der Waals surface area contributed by atoms with Crippen molar-refractivity contribution < 1.29 is 14.7 Å². The number of hydrogen-bond acceptors (Lipinski definition) is 3. The molecule has 6 nitrogen and oxygen atoms in total. The Kier molecular flexibility index (Phi) is 3.61. The second-order valence-corrected chi connectivity index (χ2v) is 4.03. The van der Waals surface area contributed by atoms with Gasteiger partial charge in [-0.2, -0.15) is 0 Å². The predicted molar refractivity (Wildman–Crippen MR) is 71.0 cm³/mol. The lowest BCUT2D eigenvalue weighted by atomic mass is 10.2. The SMILES string of the molecule is C[C@@H](NC(=O)Nc1cccc2ncccc12)C(=O)O. The van der Waals surface area contributed by atoms with Crippen LogP contribution in [-0.2, 0) is 4.79 Å². The molecule has 1 heterocycles. The number of carbonyl (C=O) groups excluding carboxylic acids is 1. The fourth-order valence-corrected chi connectivity index (χ4v) is 1.63. The molecule has 19 heavy (non-hydrogen) atoms. The van der Waals surface area contributed by atoms with Gasteiger partial charge in [0.1, 0.15) is 6.04 Å². The lowest BCUT2D eigenvalue weighted by Gasteiger charge is -2.12. The van der Waals surface area contributed by atoms with Crippen LogP contribution in [0.15, 0.2) is 36.5 Å². The van der Waals surface area contributed by atoms with Gasteiger partial charge in [-0.1, -0.05) is 6.07 Å². The third kappa shape index (κ3) is 2.98. The Morgan fingerprint density at radius 2 is 2.05 bits per heavy atom. The van der Waals surface area contributed by atoms with Crippen LogP contribution >= 0.6 is 0 Å². The fraction of sp³-hybridized carbons (Fsp3) is 0.154. The number of fused-ring (bicyclic) bond motifs is 1. The fourth-order valence-electron chi connectivity index (χ4n) is 1.63. The maximum Gasteiger partial charge on any atom is 0.325 e. The predicted octanol–water partition coefficient (Wildman–Crippen LogP) is 1.83. The number of anilines is 1. The van der Waals surface area contributed by atoms with Crippen LogP contribution in [0.3, 0.4) is 0 Å². The number of aliphatic carboxylic acids is 1. The highest BCUT2D eigenvalue weighted by molar-refractivity contribution is 6.01. The second kappa shape index (κ2) is 5.34. The highest BCUT2D eigenvalue weighted by Crippen LogP contribution is 2.20. The summed E-state index contributed by atoms with van der Waals surface area (Å²) in [6.07, 6.45) is 1.67. The molecule has 0 saturated carbocycles. The quantitative estimate of drug-likeness (QED) is 0.784. The molecule has 1 aromatic carbocycles. The van der Waals surface area contributed by atoms with Crippen LogP contribution in [0.25, 0.3) is 10.9 Å². The first kappa shape index (κ1) is 12.8.